The highest BCUT2D eigenvalue weighted by atomic mass is 16.3. The molecule has 0 heterocycles. The van der Waals surface area contributed by atoms with Crippen LogP contribution in [-0.4, -0.2) is 66.8 Å². The van der Waals surface area contributed by atoms with E-state index >= 15 is 0 Å². The Morgan fingerprint density at radius 2 is 2.15 bits per heavy atom. The molecule has 0 aromatic heterocycles. The van der Waals surface area contributed by atoms with Gasteiger partial charge < -0.3 is 20.2 Å². The lowest BCUT2D eigenvalue weighted by atomic mass is 9.75. The van der Waals surface area contributed by atoms with Gasteiger partial charge in [-0.1, -0.05) is 19.8 Å². The highest BCUT2D eigenvalue weighted by molar-refractivity contribution is 5.74. The van der Waals surface area contributed by atoms with Crippen molar-refractivity contribution in [1.82, 2.24) is 15.1 Å². The zero-order chi connectivity index (χ0) is 15.2. The van der Waals surface area contributed by atoms with E-state index in [0.717, 1.165) is 12.8 Å². The molecule has 118 valence electrons. The molecule has 2 unspecified atom stereocenters. The summed E-state index contributed by atoms with van der Waals surface area (Å²) in [5.41, 5.74) is 0.0753. The summed E-state index contributed by atoms with van der Waals surface area (Å²) < 4.78 is 0. The van der Waals surface area contributed by atoms with Gasteiger partial charge in [0.15, 0.2) is 0 Å². The standard InChI is InChI=1S/C15H31N3O2/c1-5-18(9-10-19)14(20)16-12-15(17(3)4)8-6-7-13(2)11-15/h13,19H,5-12H2,1-4H3,(H,16,20). The number of urea groups is 1. The molecule has 0 aliphatic heterocycles. The maximum atomic E-state index is 12.1. The predicted molar refractivity (Wildman–Crippen MR) is 81.8 cm³/mol. The molecular weight excluding hydrogens is 254 g/mol. The molecular formula is C15H31N3O2. The van der Waals surface area contributed by atoms with E-state index < -0.39 is 0 Å². The van der Waals surface area contributed by atoms with Crippen LogP contribution in [0.5, 0.6) is 0 Å². The van der Waals surface area contributed by atoms with E-state index in [1.807, 2.05) is 6.92 Å². The third-order valence-corrected chi connectivity index (χ3v) is 4.62. The van der Waals surface area contributed by atoms with Crippen LogP contribution >= 0.6 is 0 Å². The number of hydrogen-bond acceptors (Lipinski definition) is 3. The number of carbonyl (C=O) groups excluding carboxylic acids is 1. The van der Waals surface area contributed by atoms with E-state index in [-0.39, 0.29) is 18.2 Å². The topological polar surface area (TPSA) is 55.8 Å². The Morgan fingerprint density at radius 3 is 2.65 bits per heavy atom. The monoisotopic (exact) mass is 285 g/mol. The van der Waals surface area contributed by atoms with Crippen LogP contribution in [0.25, 0.3) is 0 Å². The molecule has 2 amide bonds. The third-order valence-electron chi connectivity index (χ3n) is 4.62. The van der Waals surface area contributed by atoms with E-state index in [1.165, 1.54) is 12.8 Å². The lowest BCUT2D eigenvalue weighted by molar-refractivity contribution is 0.0750. The van der Waals surface area contributed by atoms with Crippen LogP contribution in [0.1, 0.15) is 39.5 Å². The number of amides is 2. The van der Waals surface area contributed by atoms with Crippen molar-refractivity contribution in [1.29, 1.82) is 0 Å². The minimum atomic E-state index is -0.0685. The maximum absolute atomic E-state index is 12.1. The van der Waals surface area contributed by atoms with E-state index in [9.17, 15) is 4.79 Å². The van der Waals surface area contributed by atoms with Gasteiger partial charge in [-0.15, -0.1) is 0 Å². The molecule has 5 nitrogen and oxygen atoms in total. The second-order valence-electron chi connectivity index (χ2n) is 6.28. The van der Waals surface area contributed by atoms with Gasteiger partial charge in [0.05, 0.1) is 6.61 Å². The Hall–Kier alpha value is -0.810. The average Bonchev–Trinajstić information content (AvgIpc) is 2.42. The molecule has 1 fully saturated rings. The second kappa shape index (κ2) is 7.84. The minimum Gasteiger partial charge on any atom is -0.395 e. The number of rotatable bonds is 6. The van der Waals surface area contributed by atoms with E-state index in [2.05, 4.69) is 31.2 Å². The molecule has 1 aliphatic rings. The highest BCUT2D eigenvalue weighted by Gasteiger charge is 2.37. The zero-order valence-corrected chi connectivity index (χ0v) is 13.5. The highest BCUT2D eigenvalue weighted by Crippen LogP contribution is 2.35. The summed E-state index contributed by atoms with van der Waals surface area (Å²) in [7, 11) is 4.21. The molecule has 1 aliphatic carbocycles. The van der Waals surface area contributed by atoms with E-state index in [0.29, 0.717) is 25.6 Å². The van der Waals surface area contributed by atoms with Crippen molar-refractivity contribution in [3.8, 4) is 0 Å². The summed E-state index contributed by atoms with van der Waals surface area (Å²) in [6, 6.07) is -0.0685. The fourth-order valence-electron chi connectivity index (χ4n) is 3.23. The summed E-state index contributed by atoms with van der Waals surface area (Å²) >= 11 is 0. The van der Waals surface area contributed by atoms with Crippen LogP contribution in [0, 0.1) is 5.92 Å². The van der Waals surface area contributed by atoms with Gasteiger partial charge in [0.1, 0.15) is 0 Å². The molecule has 0 aromatic rings. The normalized spacial score (nSPS) is 26.6. The Balaban J connectivity index is 2.61. The molecule has 0 bridgehead atoms. The van der Waals surface area contributed by atoms with Crippen molar-refractivity contribution in [2.24, 2.45) is 5.92 Å². The Kier molecular flexibility index (Phi) is 6.76. The van der Waals surface area contributed by atoms with Crippen LogP contribution in [0.3, 0.4) is 0 Å². The Bertz CT molecular complexity index is 309. The third kappa shape index (κ3) is 4.35. The molecule has 0 radical (unpaired) electrons. The van der Waals surface area contributed by atoms with Gasteiger partial charge in [-0.25, -0.2) is 4.79 Å². The second-order valence-corrected chi connectivity index (χ2v) is 6.28. The maximum Gasteiger partial charge on any atom is 0.317 e. The van der Waals surface area contributed by atoms with Gasteiger partial charge in [0, 0.05) is 25.2 Å². The Labute approximate surface area is 123 Å². The predicted octanol–water partition coefficient (Wildman–Crippen LogP) is 1.52. The SMILES string of the molecule is CCN(CCO)C(=O)NCC1(N(C)C)CCCC(C)C1. The molecule has 2 atom stereocenters. The molecule has 20 heavy (non-hydrogen) atoms. The van der Waals surface area contributed by atoms with Gasteiger partial charge in [-0.05, 0) is 39.8 Å². The van der Waals surface area contributed by atoms with Crippen LogP contribution in [0.4, 0.5) is 4.79 Å². The first-order chi connectivity index (χ1) is 9.45. The summed E-state index contributed by atoms with van der Waals surface area (Å²) in [6.07, 6.45) is 4.78. The summed E-state index contributed by atoms with van der Waals surface area (Å²) in [5.74, 6) is 0.711. The van der Waals surface area contributed by atoms with Crippen LogP contribution in [-0.2, 0) is 0 Å². The first-order valence-corrected chi connectivity index (χ1v) is 7.76. The number of aliphatic hydroxyl groups excluding tert-OH is 1. The van der Waals surface area contributed by atoms with Crippen LogP contribution in [0.2, 0.25) is 0 Å². The average molecular weight is 285 g/mol. The lowest BCUT2D eigenvalue weighted by Gasteiger charge is -2.45. The van der Waals surface area contributed by atoms with E-state index in [1.54, 1.807) is 4.90 Å². The van der Waals surface area contributed by atoms with Gasteiger partial charge >= 0.3 is 6.03 Å². The van der Waals surface area contributed by atoms with Crippen molar-refractivity contribution < 1.29 is 9.90 Å². The van der Waals surface area contributed by atoms with Gasteiger partial charge in [-0.2, -0.15) is 0 Å². The summed E-state index contributed by atoms with van der Waals surface area (Å²) in [5, 5.41) is 12.0. The largest absolute Gasteiger partial charge is 0.395 e. The number of carbonyl (C=O) groups is 1. The smallest absolute Gasteiger partial charge is 0.317 e. The quantitative estimate of drug-likeness (QED) is 0.778. The van der Waals surface area contributed by atoms with Gasteiger partial charge in [0.25, 0.3) is 0 Å². The fraction of sp³-hybridized carbons (Fsp3) is 0.933. The fourth-order valence-corrected chi connectivity index (χ4v) is 3.23. The molecule has 0 saturated heterocycles. The molecule has 5 heteroatoms. The molecule has 1 saturated carbocycles. The van der Waals surface area contributed by atoms with Crippen molar-refractivity contribution in [3.63, 3.8) is 0 Å². The van der Waals surface area contributed by atoms with Gasteiger partial charge in [0.2, 0.25) is 0 Å². The zero-order valence-electron chi connectivity index (χ0n) is 13.5. The van der Waals surface area contributed by atoms with Crippen LogP contribution < -0.4 is 5.32 Å². The van der Waals surface area contributed by atoms with Crippen molar-refractivity contribution in [3.05, 3.63) is 0 Å². The minimum absolute atomic E-state index is 0.0110. The van der Waals surface area contributed by atoms with E-state index in [4.69, 9.17) is 5.11 Å². The summed E-state index contributed by atoms with van der Waals surface area (Å²) in [6.45, 7) is 5.94. The molecule has 2 N–H and O–H groups in total. The number of aliphatic hydroxyl groups is 1. The first-order valence-electron chi connectivity index (χ1n) is 7.76. The Morgan fingerprint density at radius 1 is 1.45 bits per heavy atom. The van der Waals surface area contributed by atoms with Crippen molar-refractivity contribution in [2.45, 2.75) is 45.1 Å². The van der Waals surface area contributed by atoms with Crippen molar-refractivity contribution in [2.75, 3.05) is 40.3 Å². The lowest BCUT2D eigenvalue weighted by Crippen LogP contribution is -2.56. The van der Waals surface area contributed by atoms with Crippen molar-refractivity contribution >= 4 is 6.03 Å². The number of likely N-dealkylation sites (N-methyl/N-ethyl adjacent to an activating group) is 2. The molecule has 0 spiro atoms. The first kappa shape index (κ1) is 17.2. The molecule has 0 aromatic carbocycles. The van der Waals surface area contributed by atoms with Crippen LogP contribution in [0.15, 0.2) is 0 Å². The number of nitrogens with zero attached hydrogens (tertiary/aromatic N) is 2. The molecule has 1 rings (SSSR count). The number of hydrogen-bond donors (Lipinski definition) is 2. The number of nitrogens with one attached hydrogen (secondary N) is 1. The van der Waals surface area contributed by atoms with Gasteiger partial charge in [-0.3, -0.25) is 0 Å². The summed E-state index contributed by atoms with van der Waals surface area (Å²) in [4.78, 5) is 16.1.